The Morgan fingerprint density at radius 1 is 1.31 bits per heavy atom. The van der Waals surface area contributed by atoms with Crippen molar-refractivity contribution in [3.05, 3.63) is 0 Å². The van der Waals surface area contributed by atoms with Gasteiger partial charge in [0.15, 0.2) is 0 Å². The van der Waals surface area contributed by atoms with Gasteiger partial charge in [0.25, 0.3) is 6.17 Å². The van der Waals surface area contributed by atoms with Crippen LogP contribution in [0.2, 0.25) is 0 Å². The number of alkyl halides is 6. The lowest BCUT2D eigenvalue weighted by molar-refractivity contribution is -0.219. The summed E-state index contributed by atoms with van der Waals surface area (Å²) >= 11 is -0.784. The van der Waals surface area contributed by atoms with Crippen LogP contribution in [-0.4, -0.2) is 40.5 Å². The van der Waals surface area contributed by atoms with E-state index in [4.69, 9.17) is 10.8 Å². The first-order chi connectivity index (χ1) is 6.98. The molecule has 0 aromatic carbocycles. The van der Waals surface area contributed by atoms with Crippen molar-refractivity contribution in [2.75, 3.05) is 5.75 Å². The molecule has 16 heavy (non-hydrogen) atoms. The van der Waals surface area contributed by atoms with Gasteiger partial charge in [-0.3, -0.25) is 4.79 Å². The molecule has 0 aliphatic heterocycles. The van der Waals surface area contributed by atoms with Gasteiger partial charge in [-0.05, 0) is 0 Å². The highest BCUT2D eigenvalue weighted by Gasteiger charge is 2.57. The first-order valence-corrected chi connectivity index (χ1v) is 4.68. The number of carboxylic acids is 1. The number of carbonyl (C=O) groups is 1. The third-order valence-corrected chi connectivity index (χ3v) is 2.47. The Kier molecular flexibility index (Phi) is 4.92. The van der Waals surface area contributed by atoms with Gasteiger partial charge in [-0.25, -0.2) is 4.39 Å². The number of thioether (sulfide) groups is 1. The monoisotopic (exact) mass is 271 g/mol. The zero-order chi connectivity index (χ0) is 13.1. The molecule has 0 aliphatic carbocycles. The smallest absolute Gasteiger partial charge is 0.426 e. The third kappa shape index (κ3) is 4.47. The Labute approximate surface area is 90.0 Å². The second-order valence-electron chi connectivity index (χ2n) is 2.72. The normalized spacial score (nSPS) is 16.9. The highest BCUT2D eigenvalue weighted by Crippen LogP contribution is 2.42. The molecule has 0 heterocycles. The Balaban J connectivity index is 4.41. The molecular formula is C6H7F6NO2S. The van der Waals surface area contributed by atoms with Crippen molar-refractivity contribution in [2.24, 2.45) is 5.73 Å². The molecule has 0 aromatic rings. The molecular weight excluding hydrogens is 264 g/mol. The van der Waals surface area contributed by atoms with Gasteiger partial charge in [-0.2, -0.15) is 22.0 Å². The number of hydrogen-bond donors (Lipinski definition) is 2. The van der Waals surface area contributed by atoms with Crippen LogP contribution in [0.25, 0.3) is 0 Å². The molecule has 0 saturated heterocycles. The number of carboxylic acid groups (broad SMARTS) is 1. The fourth-order valence-corrected chi connectivity index (χ4v) is 1.36. The molecule has 10 heteroatoms. The van der Waals surface area contributed by atoms with Crippen LogP contribution >= 0.6 is 11.8 Å². The molecule has 2 unspecified atom stereocenters. The van der Waals surface area contributed by atoms with Crippen molar-refractivity contribution >= 4 is 17.7 Å². The lowest BCUT2D eigenvalue weighted by Crippen LogP contribution is -2.41. The average Bonchev–Trinajstić information content (AvgIpc) is 2.11. The van der Waals surface area contributed by atoms with Crippen LogP contribution < -0.4 is 5.73 Å². The summed E-state index contributed by atoms with van der Waals surface area (Å²) in [6, 6.07) is -1.78. The van der Waals surface area contributed by atoms with Crippen molar-refractivity contribution in [1.82, 2.24) is 0 Å². The van der Waals surface area contributed by atoms with Crippen LogP contribution in [0.1, 0.15) is 0 Å². The molecule has 3 nitrogen and oxygen atoms in total. The largest absolute Gasteiger partial charge is 0.480 e. The zero-order valence-electron chi connectivity index (χ0n) is 7.47. The Hall–Kier alpha value is -0.640. The summed E-state index contributed by atoms with van der Waals surface area (Å²) in [7, 11) is 0. The fraction of sp³-hybridized carbons (Fsp3) is 0.833. The fourth-order valence-electron chi connectivity index (χ4n) is 0.536. The molecule has 0 aromatic heterocycles. The second kappa shape index (κ2) is 5.13. The summed E-state index contributed by atoms with van der Waals surface area (Å²) in [5, 5.41) is 3.42. The van der Waals surface area contributed by atoms with Gasteiger partial charge >= 0.3 is 17.4 Å². The quantitative estimate of drug-likeness (QED) is 0.746. The van der Waals surface area contributed by atoms with Crippen LogP contribution in [0.3, 0.4) is 0 Å². The van der Waals surface area contributed by atoms with E-state index in [2.05, 4.69) is 0 Å². The van der Waals surface area contributed by atoms with E-state index in [1.165, 1.54) is 0 Å². The van der Waals surface area contributed by atoms with Crippen LogP contribution in [0.5, 0.6) is 0 Å². The molecule has 0 saturated carbocycles. The summed E-state index contributed by atoms with van der Waals surface area (Å²) in [6.45, 7) is 0. The summed E-state index contributed by atoms with van der Waals surface area (Å²) < 4.78 is 72.2. The van der Waals surface area contributed by atoms with Crippen molar-refractivity contribution in [3.63, 3.8) is 0 Å². The minimum absolute atomic E-state index is 0.784. The van der Waals surface area contributed by atoms with E-state index in [0.29, 0.717) is 0 Å². The van der Waals surface area contributed by atoms with Gasteiger partial charge in [0.2, 0.25) is 0 Å². The van der Waals surface area contributed by atoms with Gasteiger partial charge in [0.1, 0.15) is 6.04 Å². The maximum atomic E-state index is 12.6. The van der Waals surface area contributed by atoms with E-state index in [9.17, 15) is 31.1 Å². The number of nitrogens with two attached hydrogens (primary N) is 1. The minimum atomic E-state index is -5.70. The molecule has 0 radical (unpaired) electrons. The number of hydrogen-bond acceptors (Lipinski definition) is 3. The molecule has 96 valence electrons. The van der Waals surface area contributed by atoms with E-state index < -0.39 is 47.1 Å². The van der Waals surface area contributed by atoms with Crippen LogP contribution in [0.4, 0.5) is 26.3 Å². The molecule has 3 N–H and O–H groups in total. The van der Waals surface area contributed by atoms with Crippen molar-refractivity contribution in [2.45, 2.75) is 23.6 Å². The predicted octanol–water partition coefficient (Wildman–Crippen LogP) is 1.62. The van der Waals surface area contributed by atoms with Crippen LogP contribution in [0.15, 0.2) is 0 Å². The lowest BCUT2D eigenvalue weighted by Gasteiger charge is -2.22. The maximum absolute atomic E-state index is 12.6. The summed E-state index contributed by atoms with van der Waals surface area (Å²) in [5.41, 5.74) is 4.78. The number of rotatable bonds is 5. The highest BCUT2D eigenvalue weighted by atomic mass is 32.2. The van der Waals surface area contributed by atoms with Crippen molar-refractivity contribution in [1.29, 1.82) is 0 Å². The van der Waals surface area contributed by atoms with Crippen LogP contribution in [0, 0.1) is 0 Å². The third-order valence-electron chi connectivity index (χ3n) is 1.35. The summed E-state index contributed by atoms with van der Waals surface area (Å²) in [4.78, 5) is 10.1. The van der Waals surface area contributed by atoms with Crippen LogP contribution in [-0.2, 0) is 4.79 Å². The van der Waals surface area contributed by atoms with Crippen molar-refractivity contribution < 1.29 is 36.2 Å². The van der Waals surface area contributed by atoms with E-state index in [-0.39, 0.29) is 0 Å². The van der Waals surface area contributed by atoms with Gasteiger partial charge in [-0.1, -0.05) is 11.8 Å². The standard InChI is InChI=1S/C6H7F6NO2S/c7-4(5(8,9)10)6(11,12)16-1-2(13)3(14)15/h2,4H,1,13H2,(H,14,15). The van der Waals surface area contributed by atoms with Crippen molar-refractivity contribution in [3.8, 4) is 0 Å². The molecule has 0 bridgehead atoms. The highest BCUT2D eigenvalue weighted by molar-refractivity contribution is 8.00. The predicted molar refractivity (Wildman–Crippen MR) is 44.0 cm³/mol. The minimum Gasteiger partial charge on any atom is -0.480 e. The Morgan fingerprint density at radius 3 is 2.06 bits per heavy atom. The Morgan fingerprint density at radius 2 is 1.75 bits per heavy atom. The maximum Gasteiger partial charge on any atom is 0.426 e. The zero-order valence-corrected chi connectivity index (χ0v) is 8.29. The molecule has 0 spiro atoms. The first-order valence-electron chi connectivity index (χ1n) is 3.69. The number of aliphatic carboxylic acids is 1. The first kappa shape index (κ1) is 15.4. The van der Waals surface area contributed by atoms with E-state index in [1.54, 1.807) is 0 Å². The van der Waals surface area contributed by atoms with Gasteiger partial charge in [0.05, 0.1) is 0 Å². The Bertz CT molecular complexity index is 258. The molecule has 0 fully saturated rings. The van der Waals surface area contributed by atoms with Gasteiger partial charge < -0.3 is 10.8 Å². The van der Waals surface area contributed by atoms with E-state index >= 15 is 0 Å². The summed E-state index contributed by atoms with van der Waals surface area (Å²) in [5.74, 6) is -2.69. The summed E-state index contributed by atoms with van der Waals surface area (Å²) in [6.07, 6.45) is -10.1. The average molecular weight is 271 g/mol. The molecule has 0 amide bonds. The topological polar surface area (TPSA) is 63.3 Å². The van der Waals surface area contributed by atoms with Gasteiger partial charge in [-0.15, -0.1) is 0 Å². The van der Waals surface area contributed by atoms with Gasteiger partial charge in [0, 0.05) is 5.75 Å². The number of halogens is 6. The molecule has 2 atom stereocenters. The van der Waals surface area contributed by atoms with E-state index in [1.807, 2.05) is 0 Å². The van der Waals surface area contributed by atoms with E-state index in [0.717, 1.165) is 0 Å². The molecule has 0 rings (SSSR count). The lowest BCUT2D eigenvalue weighted by atomic mass is 10.4. The molecule has 0 aliphatic rings. The second-order valence-corrected chi connectivity index (χ2v) is 3.89. The SMILES string of the molecule is NC(CSC(F)(F)C(F)C(F)(F)F)C(=O)O.